The van der Waals surface area contributed by atoms with E-state index in [1.54, 1.807) is 7.11 Å². The Morgan fingerprint density at radius 1 is 0.900 bits per heavy atom. The van der Waals surface area contributed by atoms with Gasteiger partial charge in [-0.2, -0.15) is 0 Å². The molecule has 4 aromatic rings. The lowest BCUT2D eigenvalue weighted by Crippen LogP contribution is -2.35. The van der Waals surface area contributed by atoms with Crippen molar-refractivity contribution < 1.29 is 26.6 Å². The summed E-state index contributed by atoms with van der Waals surface area (Å²) in [4.78, 5) is 0. The summed E-state index contributed by atoms with van der Waals surface area (Å²) in [5.41, 5.74) is 3.27. The van der Waals surface area contributed by atoms with Crippen molar-refractivity contribution >= 4 is 25.1 Å². The van der Waals surface area contributed by atoms with Gasteiger partial charge in [0.25, 0.3) is 5.65 Å². The Hall–Kier alpha value is -3.14. The summed E-state index contributed by atoms with van der Waals surface area (Å²) in [6.07, 6.45) is 2.02. The topological polar surface area (TPSA) is 22.4 Å². The van der Waals surface area contributed by atoms with Crippen molar-refractivity contribution in [3.05, 3.63) is 89.3 Å². The zero-order valence-corrected chi connectivity index (χ0v) is 16.8. The van der Waals surface area contributed by atoms with Crippen LogP contribution in [0.15, 0.2) is 79.0 Å². The number of aromatic nitrogens is 3. The van der Waals surface area contributed by atoms with Crippen LogP contribution in [0.1, 0.15) is 5.56 Å². The normalized spacial score (nSPS) is 11.1. The molecule has 10 heteroatoms. The van der Waals surface area contributed by atoms with Gasteiger partial charge in [0.2, 0.25) is 0 Å². The molecule has 30 heavy (non-hydrogen) atoms. The monoisotopic (exact) mass is 435 g/mol. The molecule has 2 aromatic heterocycles. The Balaban J connectivity index is 0.000000461. The molecule has 0 N–H and O–H groups in total. The van der Waals surface area contributed by atoms with Gasteiger partial charge < -0.3 is 22.0 Å². The fraction of sp³-hybridized carbons (Fsp3) is 0.100. The average Bonchev–Trinajstić information content (AvgIpc) is 2.99. The van der Waals surface area contributed by atoms with Crippen LogP contribution in [0.4, 0.5) is 17.3 Å². The number of ether oxygens (including phenoxy) is 1. The van der Waals surface area contributed by atoms with Gasteiger partial charge in [0.1, 0.15) is 17.6 Å². The third kappa shape index (κ3) is 5.26. The van der Waals surface area contributed by atoms with Gasteiger partial charge >= 0.3 is 12.0 Å². The average molecular weight is 435 g/mol. The van der Waals surface area contributed by atoms with Crippen molar-refractivity contribution in [3.63, 3.8) is 0 Å². The molecule has 0 radical (unpaired) electrons. The highest BCUT2D eigenvalue weighted by atomic mass is 32.1. The smallest absolute Gasteiger partial charge is 0.497 e. The minimum atomic E-state index is -6.00. The highest BCUT2D eigenvalue weighted by Gasteiger charge is 2.21. The van der Waals surface area contributed by atoms with Crippen molar-refractivity contribution in [2.45, 2.75) is 6.54 Å². The number of fused-ring (bicyclic) bond motifs is 1. The fourth-order valence-electron chi connectivity index (χ4n) is 2.99. The van der Waals surface area contributed by atoms with Gasteiger partial charge in [0.05, 0.1) is 13.7 Å². The number of pyridine rings is 1. The molecule has 2 aromatic carbocycles. The fourth-order valence-corrected chi connectivity index (χ4v) is 3.34. The maximum atomic E-state index is 9.75. The van der Waals surface area contributed by atoms with E-state index < -0.39 is 7.25 Å². The summed E-state index contributed by atoms with van der Waals surface area (Å²) in [7, 11) is -4.33. The number of nitrogens with zero attached hydrogens (tertiary/aromatic N) is 3. The van der Waals surface area contributed by atoms with Gasteiger partial charge in [-0.25, -0.2) is 4.57 Å². The molecule has 0 aliphatic heterocycles. The van der Waals surface area contributed by atoms with Gasteiger partial charge in [-0.05, 0) is 48.1 Å². The van der Waals surface area contributed by atoms with Crippen molar-refractivity contribution in [1.29, 1.82) is 0 Å². The van der Waals surface area contributed by atoms with E-state index in [0.29, 0.717) is 0 Å². The second kappa shape index (κ2) is 9.12. The second-order valence-electron chi connectivity index (χ2n) is 6.26. The number of rotatable bonds is 4. The van der Waals surface area contributed by atoms with Gasteiger partial charge in [-0.3, -0.25) is 0 Å². The minimum Gasteiger partial charge on any atom is -0.497 e. The molecule has 2 heterocycles. The number of hydrogen-bond donors (Lipinski definition) is 0. The molecule has 0 bridgehead atoms. The molecule has 0 unspecified atom stereocenters. The zero-order chi connectivity index (χ0) is 21.7. The van der Waals surface area contributed by atoms with Crippen LogP contribution < -0.4 is 9.30 Å². The van der Waals surface area contributed by atoms with Crippen molar-refractivity contribution in [1.82, 2.24) is 9.20 Å². The van der Waals surface area contributed by atoms with Crippen LogP contribution in [-0.4, -0.2) is 23.6 Å². The molecule has 4 nitrogen and oxygen atoms in total. The molecule has 0 aliphatic rings. The number of benzene rings is 2. The number of methoxy groups -OCH3 is 1. The maximum Gasteiger partial charge on any atom is 0.673 e. The molecular formula is C20H18BF4N3OS. The van der Waals surface area contributed by atoms with Gasteiger partial charge in [-0.1, -0.05) is 41.1 Å². The first-order valence-electron chi connectivity index (χ1n) is 8.96. The quantitative estimate of drug-likeness (QED) is 0.193. The van der Waals surface area contributed by atoms with E-state index >= 15 is 0 Å². The van der Waals surface area contributed by atoms with Crippen LogP contribution in [-0.2, 0) is 6.54 Å². The molecule has 0 saturated carbocycles. The molecule has 0 saturated heterocycles. The van der Waals surface area contributed by atoms with Crippen molar-refractivity contribution in [2.75, 3.05) is 7.11 Å². The van der Waals surface area contributed by atoms with E-state index in [1.807, 2.05) is 53.3 Å². The predicted octanol–water partition coefficient (Wildman–Crippen LogP) is 5.10. The second-order valence-corrected chi connectivity index (χ2v) is 6.63. The van der Waals surface area contributed by atoms with Crippen LogP contribution in [0.2, 0.25) is 0 Å². The van der Waals surface area contributed by atoms with Gasteiger partial charge in [0.15, 0.2) is 0 Å². The Labute approximate surface area is 175 Å². The van der Waals surface area contributed by atoms with Crippen LogP contribution in [0.25, 0.3) is 11.3 Å². The highest BCUT2D eigenvalue weighted by Crippen LogP contribution is 2.16. The first-order chi connectivity index (χ1) is 14.3. The zero-order valence-electron chi connectivity index (χ0n) is 16.0. The van der Waals surface area contributed by atoms with Gasteiger partial charge in [-0.15, -0.1) is 4.52 Å². The predicted molar refractivity (Wildman–Crippen MR) is 110 cm³/mol. The van der Waals surface area contributed by atoms with Crippen molar-refractivity contribution in [2.24, 2.45) is 0 Å². The van der Waals surface area contributed by atoms with Crippen LogP contribution in [0.3, 0.4) is 0 Å². The van der Waals surface area contributed by atoms with E-state index in [-0.39, 0.29) is 0 Å². The first kappa shape index (κ1) is 21.6. The summed E-state index contributed by atoms with van der Waals surface area (Å²) in [6.45, 7) is 0.732. The molecule has 0 atom stereocenters. The molecule has 0 amide bonds. The van der Waals surface area contributed by atoms with Crippen molar-refractivity contribution in [3.8, 4) is 11.4 Å². The largest absolute Gasteiger partial charge is 0.673 e. The first-order valence-corrected chi connectivity index (χ1v) is 9.36. The number of halogens is 4. The highest BCUT2D eigenvalue weighted by molar-refractivity contribution is 7.71. The Morgan fingerprint density at radius 2 is 1.50 bits per heavy atom. The summed E-state index contributed by atoms with van der Waals surface area (Å²) < 4.78 is 51.3. The lowest BCUT2D eigenvalue weighted by atomic mass is 10.2. The Bertz CT molecular complexity index is 1170. The summed E-state index contributed by atoms with van der Waals surface area (Å²) in [5.74, 6) is 0.827. The summed E-state index contributed by atoms with van der Waals surface area (Å²) in [5, 5.41) is 0. The van der Waals surface area contributed by atoms with Crippen LogP contribution in [0, 0.1) is 4.77 Å². The third-order valence-electron chi connectivity index (χ3n) is 4.22. The minimum absolute atomic E-state index is 0.732. The Kier molecular flexibility index (Phi) is 6.56. The van der Waals surface area contributed by atoms with E-state index in [4.69, 9.17) is 17.0 Å². The molecule has 4 rings (SSSR count). The Morgan fingerprint density at radius 3 is 2.10 bits per heavy atom. The molecule has 0 fully saturated rings. The van der Waals surface area contributed by atoms with E-state index in [0.717, 1.165) is 28.4 Å². The van der Waals surface area contributed by atoms with E-state index in [1.165, 1.54) is 5.56 Å². The SMILES string of the molecule is COc1ccc(-n2c(=S)[n+](Cc3ccccc3)c3ccccn32)cc1.F[B-](F)(F)F. The summed E-state index contributed by atoms with van der Waals surface area (Å²) >= 11 is 5.81. The van der Waals surface area contributed by atoms with E-state index in [2.05, 4.69) is 39.4 Å². The molecule has 156 valence electrons. The summed E-state index contributed by atoms with van der Waals surface area (Å²) in [6, 6.07) is 24.4. The van der Waals surface area contributed by atoms with Crippen LogP contribution in [0.5, 0.6) is 5.75 Å². The maximum absolute atomic E-state index is 9.75. The molecule has 0 aliphatic carbocycles. The van der Waals surface area contributed by atoms with Gasteiger partial charge in [0, 0.05) is 6.07 Å². The third-order valence-corrected chi connectivity index (χ3v) is 4.62. The standard InChI is InChI=1S/C20H18N3OS.BF4/c1-24-18-12-10-17(11-13-18)23-20(25)21(15-16-7-3-2-4-8-16)19-9-5-6-14-22(19)23;2-1(3,4)5/h2-14H,15H2,1H3;/q+1;-1. The lowest BCUT2D eigenvalue weighted by Gasteiger charge is -2.00. The molecular weight excluding hydrogens is 417 g/mol. The van der Waals surface area contributed by atoms with E-state index in [9.17, 15) is 17.3 Å². The molecule has 0 spiro atoms. The number of hydrogen-bond acceptors (Lipinski definition) is 2. The lowest BCUT2D eigenvalue weighted by molar-refractivity contribution is -0.670. The van der Waals surface area contributed by atoms with Crippen LogP contribution >= 0.6 is 12.2 Å².